The Morgan fingerprint density at radius 2 is 1.89 bits per heavy atom. The van der Waals surface area contributed by atoms with Crippen LogP contribution < -0.4 is 5.32 Å². The Balaban J connectivity index is 1.91. The van der Waals surface area contributed by atoms with E-state index in [4.69, 9.17) is 0 Å². The van der Waals surface area contributed by atoms with Crippen LogP contribution in [-0.2, 0) is 4.79 Å². The van der Waals surface area contributed by atoms with Crippen LogP contribution in [0, 0.1) is 18.6 Å². The van der Waals surface area contributed by atoms with Gasteiger partial charge in [-0.25, -0.2) is 13.8 Å². The zero-order valence-corrected chi connectivity index (χ0v) is 16.3. The minimum Gasteiger partial charge on any atom is -0.310 e. The van der Waals surface area contributed by atoms with E-state index >= 15 is 0 Å². The lowest BCUT2D eigenvalue weighted by atomic mass is 10.1. The lowest BCUT2D eigenvalue weighted by Gasteiger charge is -2.09. The lowest BCUT2D eigenvalue weighted by Crippen LogP contribution is -2.13. The van der Waals surface area contributed by atoms with Crippen LogP contribution in [0.25, 0.3) is 16.9 Å². The number of halogens is 2. The maximum Gasteiger partial charge on any atom is 0.225 e. The molecule has 1 N–H and O–H groups in total. The molecular formula is C22H25F2N3O. The van der Waals surface area contributed by atoms with Crippen LogP contribution in [0.15, 0.2) is 36.5 Å². The maximum atomic E-state index is 14.4. The minimum atomic E-state index is -0.586. The average Bonchev–Trinajstić information content (AvgIpc) is 3.00. The van der Waals surface area contributed by atoms with Crippen molar-refractivity contribution in [3.05, 3.63) is 53.7 Å². The SMILES string of the molecule is CCCCCCCC(=O)Nc1c(-c2cc(F)ccc2F)nc2cc(C)ccn12. The second-order valence-corrected chi connectivity index (χ2v) is 7.08. The normalized spacial score (nSPS) is 11.1. The van der Waals surface area contributed by atoms with Crippen LogP contribution in [0.4, 0.5) is 14.6 Å². The summed E-state index contributed by atoms with van der Waals surface area (Å²) in [5.74, 6) is -0.940. The zero-order valence-electron chi connectivity index (χ0n) is 16.3. The van der Waals surface area contributed by atoms with Gasteiger partial charge in [-0.05, 0) is 49.2 Å². The molecular weight excluding hydrogens is 360 g/mol. The first kappa shape index (κ1) is 20.0. The smallest absolute Gasteiger partial charge is 0.225 e. The van der Waals surface area contributed by atoms with Crippen LogP contribution in [-0.4, -0.2) is 15.3 Å². The van der Waals surface area contributed by atoms with Crippen LogP contribution in [0.3, 0.4) is 0 Å². The van der Waals surface area contributed by atoms with Crippen molar-refractivity contribution in [1.29, 1.82) is 0 Å². The van der Waals surface area contributed by atoms with Crippen LogP contribution >= 0.6 is 0 Å². The van der Waals surface area contributed by atoms with Gasteiger partial charge in [0.05, 0.1) is 0 Å². The second kappa shape index (κ2) is 8.95. The first-order valence-corrected chi connectivity index (χ1v) is 9.73. The molecule has 4 nitrogen and oxygen atoms in total. The number of amides is 1. The molecule has 0 atom stereocenters. The quantitative estimate of drug-likeness (QED) is 0.492. The Morgan fingerprint density at radius 3 is 2.68 bits per heavy atom. The van der Waals surface area contributed by atoms with Crippen molar-refractivity contribution in [2.45, 2.75) is 52.4 Å². The summed E-state index contributed by atoms with van der Waals surface area (Å²) in [6, 6.07) is 6.94. The highest BCUT2D eigenvalue weighted by Gasteiger charge is 2.19. The maximum absolute atomic E-state index is 14.4. The van der Waals surface area contributed by atoms with E-state index < -0.39 is 11.6 Å². The third kappa shape index (κ3) is 4.55. The number of aryl methyl sites for hydroxylation is 1. The summed E-state index contributed by atoms with van der Waals surface area (Å²) in [7, 11) is 0. The number of fused-ring (bicyclic) bond motifs is 1. The van der Waals surface area contributed by atoms with Crippen molar-refractivity contribution in [2.24, 2.45) is 0 Å². The molecule has 28 heavy (non-hydrogen) atoms. The fourth-order valence-corrected chi connectivity index (χ4v) is 3.22. The van der Waals surface area contributed by atoms with E-state index in [1.165, 1.54) is 0 Å². The van der Waals surface area contributed by atoms with Gasteiger partial charge in [-0.3, -0.25) is 9.20 Å². The van der Waals surface area contributed by atoms with Crippen LogP contribution in [0.5, 0.6) is 0 Å². The number of nitrogens with one attached hydrogen (secondary N) is 1. The first-order chi connectivity index (χ1) is 13.5. The number of carbonyl (C=O) groups excluding carboxylic acids is 1. The molecule has 0 bridgehead atoms. The molecule has 2 heterocycles. The monoisotopic (exact) mass is 385 g/mol. The highest BCUT2D eigenvalue weighted by atomic mass is 19.1. The van der Waals surface area contributed by atoms with E-state index in [0.717, 1.165) is 55.9 Å². The number of hydrogen-bond donors (Lipinski definition) is 1. The molecule has 1 amide bonds. The van der Waals surface area contributed by atoms with Gasteiger partial charge in [-0.15, -0.1) is 0 Å². The molecule has 0 spiro atoms. The van der Waals surface area contributed by atoms with Gasteiger partial charge in [0.2, 0.25) is 5.91 Å². The van der Waals surface area contributed by atoms with Gasteiger partial charge in [-0.2, -0.15) is 0 Å². The standard InChI is InChI=1S/C22H25F2N3O/c1-3-4-5-6-7-8-20(28)26-22-21(17-14-16(23)9-10-18(17)24)25-19-13-15(2)11-12-27(19)22/h9-14H,3-8H2,1-2H3,(H,26,28). The Hall–Kier alpha value is -2.76. The Labute approximate surface area is 163 Å². The van der Waals surface area contributed by atoms with Gasteiger partial charge < -0.3 is 5.32 Å². The Kier molecular flexibility index (Phi) is 6.39. The van der Waals surface area contributed by atoms with Crippen LogP contribution in [0.1, 0.15) is 51.0 Å². The summed E-state index contributed by atoms with van der Waals surface area (Å²) in [5.41, 5.74) is 1.80. The molecule has 148 valence electrons. The van der Waals surface area contributed by atoms with Crippen LogP contribution in [0.2, 0.25) is 0 Å². The molecule has 0 radical (unpaired) electrons. The number of benzene rings is 1. The van der Waals surface area contributed by atoms with Crippen molar-refractivity contribution in [1.82, 2.24) is 9.38 Å². The molecule has 3 rings (SSSR count). The molecule has 0 unspecified atom stereocenters. The summed E-state index contributed by atoms with van der Waals surface area (Å²) in [4.78, 5) is 16.9. The molecule has 2 aromatic heterocycles. The second-order valence-electron chi connectivity index (χ2n) is 7.08. The number of anilines is 1. The number of aromatic nitrogens is 2. The molecule has 0 aliphatic rings. The van der Waals surface area contributed by atoms with Gasteiger partial charge >= 0.3 is 0 Å². The number of nitrogens with zero attached hydrogens (tertiary/aromatic N) is 2. The van der Waals surface area contributed by atoms with Crippen molar-refractivity contribution in [2.75, 3.05) is 5.32 Å². The van der Waals surface area contributed by atoms with Gasteiger partial charge in [0, 0.05) is 18.2 Å². The summed E-state index contributed by atoms with van der Waals surface area (Å²) in [6.45, 7) is 4.07. The molecule has 0 aliphatic heterocycles. The lowest BCUT2D eigenvalue weighted by molar-refractivity contribution is -0.116. The van der Waals surface area contributed by atoms with Crippen molar-refractivity contribution in [3.63, 3.8) is 0 Å². The third-order valence-corrected chi connectivity index (χ3v) is 4.73. The molecule has 3 aromatic rings. The molecule has 0 aliphatic carbocycles. The molecule has 0 saturated heterocycles. The molecule has 6 heteroatoms. The summed E-state index contributed by atoms with van der Waals surface area (Å²) >= 11 is 0. The van der Waals surface area contributed by atoms with Crippen molar-refractivity contribution in [3.8, 4) is 11.3 Å². The summed E-state index contributed by atoms with van der Waals surface area (Å²) in [5, 5.41) is 2.86. The van der Waals surface area contributed by atoms with Crippen molar-refractivity contribution >= 4 is 17.4 Å². The topological polar surface area (TPSA) is 46.4 Å². The highest BCUT2D eigenvalue weighted by Crippen LogP contribution is 2.31. The zero-order chi connectivity index (χ0) is 20.1. The Morgan fingerprint density at radius 1 is 1.11 bits per heavy atom. The number of pyridine rings is 1. The van der Waals surface area contributed by atoms with Gasteiger partial charge in [-0.1, -0.05) is 32.6 Å². The van der Waals surface area contributed by atoms with E-state index in [2.05, 4.69) is 17.2 Å². The number of rotatable bonds is 8. The summed E-state index contributed by atoms with van der Waals surface area (Å²) < 4.78 is 29.8. The number of imidazole rings is 1. The number of hydrogen-bond acceptors (Lipinski definition) is 2. The molecule has 0 fully saturated rings. The largest absolute Gasteiger partial charge is 0.310 e. The minimum absolute atomic E-state index is 0.0274. The van der Waals surface area contributed by atoms with Gasteiger partial charge in [0.1, 0.15) is 28.8 Å². The van der Waals surface area contributed by atoms with E-state index in [1.807, 2.05) is 19.1 Å². The number of unbranched alkanes of at least 4 members (excludes halogenated alkanes) is 4. The highest BCUT2D eigenvalue weighted by molar-refractivity contribution is 5.94. The fourth-order valence-electron chi connectivity index (χ4n) is 3.22. The average molecular weight is 385 g/mol. The Bertz CT molecular complexity index is 981. The fraction of sp³-hybridized carbons (Fsp3) is 0.364. The first-order valence-electron chi connectivity index (χ1n) is 9.73. The van der Waals surface area contributed by atoms with Crippen molar-refractivity contribution < 1.29 is 13.6 Å². The van der Waals surface area contributed by atoms with E-state index in [1.54, 1.807) is 10.6 Å². The predicted molar refractivity (Wildman–Crippen MR) is 107 cm³/mol. The van der Waals surface area contributed by atoms with E-state index in [0.29, 0.717) is 17.9 Å². The third-order valence-electron chi connectivity index (χ3n) is 4.73. The van der Waals surface area contributed by atoms with E-state index in [-0.39, 0.29) is 17.2 Å². The molecule has 1 aromatic carbocycles. The molecule has 0 saturated carbocycles. The van der Waals surface area contributed by atoms with E-state index in [9.17, 15) is 13.6 Å². The summed E-state index contributed by atoms with van der Waals surface area (Å²) in [6.07, 6.45) is 7.37. The number of carbonyl (C=O) groups is 1. The van der Waals surface area contributed by atoms with Gasteiger partial charge in [0.25, 0.3) is 0 Å². The van der Waals surface area contributed by atoms with Gasteiger partial charge in [0.15, 0.2) is 0 Å². The predicted octanol–water partition coefficient (Wildman–Crippen LogP) is 5.89.